The Morgan fingerprint density at radius 2 is 2.14 bits per heavy atom. The first kappa shape index (κ1) is 20.0. The fraction of sp³-hybridized carbons (Fsp3) is 0.667. The standard InChI is InChI=1S/C18H25N5O6/c1-2-28-18(27)10-4-3-5-22(6-10)15-12-16(20-8-19-15)23(9-21-12)17-14(26)13(25)11(7-24)29-17/h8-11,13-14,17,24-26H,2-7H2,1H3/t10?,11-,13-,14-,17-/m1/s1. The van der Waals surface area contributed by atoms with Gasteiger partial charge in [-0.05, 0) is 19.8 Å². The van der Waals surface area contributed by atoms with Gasteiger partial charge >= 0.3 is 5.97 Å². The van der Waals surface area contributed by atoms with E-state index >= 15 is 0 Å². The third-order valence-electron chi connectivity index (χ3n) is 5.47. The van der Waals surface area contributed by atoms with E-state index in [9.17, 15) is 20.1 Å². The van der Waals surface area contributed by atoms with Crippen LogP contribution in [0.15, 0.2) is 12.7 Å². The zero-order valence-electron chi connectivity index (χ0n) is 16.1. The maximum Gasteiger partial charge on any atom is 0.310 e. The molecule has 0 aliphatic carbocycles. The van der Waals surface area contributed by atoms with Gasteiger partial charge in [-0.3, -0.25) is 9.36 Å². The summed E-state index contributed by atoms with van der Waals surface area (Å²) in [5.74, 6) is 0.158. The second kappa shape index (κ2) is 8.19. The highest BCUT2D eigenvalue weighted by atomic mass is 16.6. The maximum atomic E-state index is 12.2. The summed E-state index contributed by atoms with van der Waals surface area (Å²) >= 11 is 0. The number of carbonyl (C=O) groups is 1. The molecular weight excluding hydrogens is 382 g/mol. The number of aliphatic hydroxyl groups is 3. The number of aromatic nitrogens is 4. The van der Waals surface area contributed by atoms with E-state index in [0.717, 1.165) is 19.4 Å². The van der Waals surface area contributed by atoms with Gasteiger partial charge in [-0.25, -0.2) is 15.0 Å². The van der Waals surface area contributed by atoms with Crippen LogP contribution in [0, 0.1) is 5.92 Å². The highest BCUT2D eigenvalue weighted by molar-refractivity contribution is 5.84. The molecule has 0 saturated carbocycles. The van der Waals surface area contributed by atoms with Gasteiger partial charge in [-0.2, -0.15) is 0 Å². The summed E-state index contributed by atoms with van der Waals surface area (Å²) < 4.78 is 12.3. The minimum atomic E-state index is -1.23. The molecule has 4 rings (SSSR count). The predicted octanol–water partition coefficient (Wildman–Crippen LogP) is -0.783. The van der Waals surface area contributed by atoms with Crippen LogP contribution in [-0.2, 0) is 14.3 Å². The Bertz CT molecular complexity index is 876. The van der Waals surface area contributed by atoms with Crippen molar-refractivity contribution >= 4 is 23.0 Å². The van der Waals surface area contributed by atoms with Crippen LogP contribution in [0.3, 0.4) is 0 Å². The highest BCUT2D eigenvalue weighted by Crippen LogP contribution is 2.33. The summed E-state index contributed by atoms with van der Waals surface area (Å²) in [7, 11) is 0. The molecule has 2 aliphatic heterocycles. The van der Waals surface area contributed by atoms with Gasteiger partial charge < -0.3 is 29.7 Å². The van der Waals surface area contributed by atoms with E-state index < -0.39 is 31.1 Å². The van der Waals surface area contributed by atoms with E-state index in [1.54, 1.807) is 6.92 Å². The lowest BCUT2D eigenvalue weighted by molar-refractivity contribution is -0.148. The first-order chi connectivity index (χ1) is 14.0. The number of fused-ring (bicyclic) bond motifs is 1. The third-order valence-corrected chi connectivity index (χ3v) is 5.47. The maximum absolute atomic E-state index is 12.2. The number of imidazole rings is 1. The smallest absolute Gasteiger partial charge is 0.310 e. The number of ether oxygens (including phenoxy) is 2. The highest BCUT2D eigenvalue weighted by Gasteiger charge is 2.44. The molecule has 0 amide bonds. The van der Waals surface area contributed by atoms with E-state index in [1.807, 2.05) is 4.90 Å². The average Bonchev–Trinajstić information content (AvgIpc) is 3.29. The van der Waals surface area contributed by atoms with Crippen molar-refractivity contribution in [2.75, 3.05) is 31.2 Å². The van der Waals surface area contributed by atoms with Gasteiger partial charge in [-0.15, -0.1) is 0 Å². The van der Waals surface area contributed by atoms with Crippen LogP contribution in [0.2, 0.25) is 0 Å². The number of rotatable bonds is 5. The van der Waals surface area contributed by atoms with Crippen molar-refractivity contribution in [3.05, 3.63) is 12.7 Å². The van der Waals surface area contributed by atoms with E-state index in [1.165, 1.54) is 17.2 Å². The first-order valence-electron chi connectivity index (χ1n) is 9.76. The molecule has 2 aliphatic rings. The normalized spacial score (nSPS) is 30.1. The molecule has 2 fully saturated rings. The number of piperidine rings is 1. The summed E-state index contributed by atoms with van der Waals surface area (Å²) in [4.78, 5) is 27.2. The molecule has 0 spiro atoms. The van der Waals surface area contributed by atoms with Crippen LogP contribution < -0.4 is 4.90 Å². The van der Waals surface area contributed by atoms with Crippen LogP contribution in [0.25, 0.3) is 11.2 Å². The predicted molar refractivity (Wildman–Crippen MR) is 99.9 cm³/mol. The van der Waals surface area contributed by atoms with Crippen molar-refractivity contribution in [3.8, 4) is 0 Å². The molecule has 0 aromatic carbocycles. The topological polar surface area (TPSA) is 143 Å². The van der Waals surface area contributed by atoms with Crippen molar-refractivity contribution in [2.45, 2.75) is 44.3 Å². The van der Waals surface area contributed by atoms with E-state index in [0.29, 0.717) is 30.1 Å². The summed E-state index contributed by atoms with van der Waals surface area (Å²) in [5.41, 5.74) is 0.942. The Balaban J connectivity index is 1.62. The molecule has 2 aromatic heterocycles. The number of hydrogen-bond acceptors (Lipinski definition) is 10. The van der Waals surface area contributed by atoms with Gasteiger partial charge in [0.25, 0.3) is 0 Å². The molecule has 11 nitrogen and oxygen atoms in total. The summed E-state index contributed by atoms with van der Waals surface area (Å²) in [6.45, 7) is 2.93. The summed E-state index contributed by atoms with van der Waals surface area (Å²) in [6.07, 6.45) is 0.193. The fourth-order valence-corrected chi connectivity index (χ4v) is 3.99. The van der Waals surface area contributed by atoms with E-state index in [4.69, 9.17) is 9.47 Å². The number of aliphatic hydroxyl groups excluding tert-OH is 3. The molecule has 1 unspecified atom stereocenters. The number of hydrogen-bond donors (Lipinski definition) is 3. The summed E-state index contributed by atoms with van der Waals surface area (Å²) in [5, 5.41) is 29.7. The van der Waals surface area contributed by atoms with Gasteiger partial charge in [-0.1, -0.05) is 0 Å². The van der Waals surface area contributed by atoms with Gasteiger partial charge in [0.1, 0.15) is 24.6 Å². The molecule has 158 valence electrons. The van der Waals surface area contributed by atoms with E-state index in [2.05, 4.69) is 15.0 Å². The van der Waals surface area contributed by atoms with Crippen molar-refractivity contribution in [2.24, 2.45) is 5.92 Å². The second-order valence-corrected chi connectivity index (χ2v) is 7.29. The monoisotopic (exact) mass is 407 g/mol. The molecule has 0 bridgehead atoms. The lowest BCUT2D eigenvalue weighted by Gasteiger charge is -2.32. The lowest BCUT2D eigenvalue weighted by Crippen LogP contribution is -2.40. The molecular formula is C18H25N5O6. The van der Waals surface area contributed by atoms with Gasteiger partial charge in [0.15, 0.2) is 23.2 Å². The zero-order valence-corrected chi connectivity index (χ0v) is 16.1. The lowest BCUT2D eigenvalue weighted by atomic mass is 9.98. The van der Waals surface area contributed by atoms with Crippen LogP contribution >= 0.6 is 0 Å². The van der Waals surface area contributed by atoms with E-state index in [-0.39, 0.29) is 11.9 Å². The molecule has 11 heteroatoms. The van der Waals surface area contributed by atoms with Crippen molar-refractivity contribution in [1.29, 1.82) is 0 Å². The third kappa shape index (κ3) is 3.54. The number of esters is 1. The van der Waals surface area contributed by atoms with Gasteiger partial charge in [0.2, 0.25) is 0 Å². The quantitative estimate of drug-likeness (QED) is 0.540. The Morgan fingerprint density at radius 3 is 2.86 bits per heavy atom. The molecule has 2 saturated heterocycles. The van der Waals surface area contributed by atoms with Gasteiger partial charge in [0, 0.05) is 13.1 Å². The number of carbonyl (C=O) groups excluding carboxylic acids is 1. The minimum absolute atomic E-state index is 0.209. The van der Waals surface area contributed by atoms with Crippen molar-refractivity contribution in [3.63, 3.8) is 0 Å². The molecule has 2 aromatic rings. The Kier molecular flexibility index (Phi) is 5.63. The van der Waals surface area contributed by atoms with Gasteiger partial charge in [0.05, 0.1) is 25.5 Å². The van der Waals surface area contributed by atoms with Crippen molar-refractivity contribution < 1.29 is 29.6 Å². The minimum Gasteiger partial charge on any atom is -0.466 e. The molecule has 4 heterocycles. The summed E-state index contributed by atoms with van der Waals surface area (Å²) in [6, 6.07) is 0. The largest absolute Gasteiger partial charge is 0.466 e. The van der Waals surface area contributed by atoms with Crippen LogP contribution in [-0.4, -0.2) is 85.4 Å². The van der Waals surface area contributed by atoms with Crippen LogP contribution in [0.1, 0.15) is 26.0 Å². The molecule has 3 N–H and O–H groups in total. The Hall–Kier alpha value is -2.34. The van der Waals surface area contributed by atoms with Crippen molar-refractivity contribution in [1.82, 2.24) is 19.5 Å². The number of anilines is 1. The molecule has 0 radical (unpaired) electrons. The van der Waals surface area contributed by atoms with Crippen LogP contribution in [0.5, 0.6) is 0 Å². The van der Waals surface area contributed by atoms with Crippen LogP contribution in [0.4, 0.5) is 5.82 Å². The first-order valence-corrected chi connectivity index (χ1v) is 9.76. The second-order valence-electron chi connectivity index (χ2n) is 7.29. The average molecular weight is 407 g/mol. The SMILES string of the molecule is CCOC(=O)C1CCCN(c2ncnc3c2ncn3[C@@H]2O[C@H](CO)[C@@H](O)[C@H]2O)C1. The Morgan fingerprint density at radius 1 is 1.31 bits per heavy atom. The zero-order chi connectivity index (χ0) is 20.5. The Labute approximate surface area is 166 Å². The number of nitrogens with zero attached hydrogens (tertiary/aromatic N) is 5. The fourth-order valence-electron chi connectivity index (χ4n) is 3.99. The molecule has 5 atom stereocenters. The molecule has 29 heavy (non-hydrogen) atoms.